The van der Waals surface area contributed by atoms with Crippen LogP contribution in [0.2, 0.25) is 0 Å². The van der Waals surface area contributed by atoms with E-state index in [4.69, 9.17) is 0 Å². The van der Waals surface area contributed by atoms with Gasteiger partial charge in [0.25, 0.3) is 0 Å². The highest BCUT2D eigenvalue weighted by molar-refractivity contribution is 6.18. The molecule has 0 aliphatic heterocycles. The molecule has 0 saturated heterocycles. The molecule has 0 aliphatic rings. The third kappa shape index (κ3) is 5.42. The van der Waals surface area contributed by atoms with Gasteiger partial charge in [-0.25, -0.2) is 0 Å². The van der Waals surface area contributed by atoms with Gasteiger partial charge in [0.1, 0.15) is 0 Å². The lowest BCUT2D eigenvalue weighted by molar-refractivity contribution is 1.20. The number of anilines is 3. The molecule has 2 nitrogen and oxygen atoms in total. The lowest BCUT2D eigenvalue weighted by atomic mass is 9.97. The van der Waals surface area contributed by atoms with Crippen molar-refractivity contribution in [2.75, 3.05) is 4.90 Å². The standard InChI is InChI=1S/C58H38N2/c1-4-22-46-39(15-1)18-12-28-47(46)41-33-35-44(36-34-41)59(54-31-13-19-40-16-2-6-24-49(40)54)45-21-11-20-42(37-45)50-29-14-32-56-58(50)53-27-9-10-30-55(53)60(56)57-38-43-17-3-5-23-48(43)51-25-7-8-26-52(51)57/h1-38H. The highest BCUT2D eigenvalue weighted by Crippen LogP contribution is 2.44. The highest BCUT2D eigenvalue weighted by Gasteiger charge is 2.21. The average Bonchev–Trinajstić information content (AvgIpc) is 3.66. The quantitative estimate of drug-likeness (QED) is 0.153. The molecule has 11 aromatic carbocycles. The smallest absolute Gasteiger partial charge is 0.0547 e. The first-order valence-electron chi connectivity index (χ1n) is 20.7. The van der Waals surface area contributed by atoms with Crippen LogP contribution in [0.3, 0.4) is 0 Å². The molecule has 280 valence electrons. The molecule has 60 heavy (non-hydrogen) atoms. The van der Waals surface area contributed by atoms with Crippen molar-refractivity contribution in [3.63, 3.8) is 0 Å². The molecule has 0 bridgehead atoms. The van der Waals surface area contributed by atoms with Gasteiger partial charge in [-0.05, 0) is 103 Å². The Morgan fingerprint density at radius 1 is 0.300 bits per heavy atom. The molecule has 1 heterocycles. The molecule has 0 N–H and O–H groups in total. The van der Waals surface area contributed by atoms with E-state index >= 15 is 0 Å². The van der Waals surface area contributed by atoms with Crippen LogP contribution in [0, 0.1) is 0 Å². The molecular formula is C58H38N2. The number of benzene rings is 11. The van der Waals surface area contributed by atoms with Gasteiger partial charge in [-0.1, -0.05) is 182 Å². The van der Waals surface area contributed by atoms with Crippen LogP contribution >= 0.6 is 0 Å². The fourth-order valence-electron chi connectivity index (χ4n) is 9.65. The fraction of sp³-hybridized carbons (Fsp3) is 0. The highest BCUT2D eigenvalue weighted by atomic mass is 15.1. The molecule has 0 spiro atoms. The van der Waals surface area contributed by atoms with Gasteiger partial charge in [0.15, 0.2) is 0 Å². The van der Waals surface area contributed by atoms with Crippen molar-refractivity contribution >= 4 is 82.0 Å². The minimum Gasteiger partial charge on any atom is -0.310 e. The second kappa shape index (κ2) is 13.9. The summed E-state index contributed by atoms with van der Waals surface area (Å²) >= 11 is 0. The molecular weight excluding hydrogens is 725 g/mol. The van der Waals surface area contributed by atoms with E-state index in [1.54, 1.807) is 0 Å². The summed E-state index contributed by atoms with van der Waals surface area (Å²) in [6, 6.07) is 84.3. The topological polar surface area (TPSA) is 8.17 Å². The molecule has 0 unspecified atom stereocenters. The molecule has 12 rings (SSSR count). The summed E-state index contributed by atoms with van der Waals surface area (Å²) in [5.41, 5.74) is 11.7. The summed E-state index contributed by atoms with van der Waals surface area (Å²) in [6.45, 7) is 0. The summed E-state index contributed by atoms with van der Waals surface area (Å²) in [6.07, 6.45) is 0. The number of para-hydroxylation sites is 1. The minimum atomic E-state index is 1.10. The van der Waals surface area contributed by atoms with E-state index in [9.17, 15) is 0 Å². The summed E-state index contributed by atoms with van der Waals surface area (Å²) in [7, 11) is 0. The van der Waals surface area contributed by atoms with Crippen LogP contribution in [0.15, 0.2) is 231 Å². The van der Waals surface area contributed by atoms with Crippen LogP contribution < -0.4 is 4.90 Å². The van der Waals surface area contributed by atoms with E-state index in [0.29, 0.717) is 0 Å². The monoisotopic (exact) mass is 762 g/mol. The van der Waals surface area contributed by atoms with E-state index in [-0.39, 0.29) is 0 Å². The van der Waals surface area contributed by atoms with Crippen molar-refractivity contribution in [3.05, 3.63) is 231 Å². The van der Waals surface area contributed by atoms with E-state index < -0.39 is 0 Å². The van der Waals surface area contributed by atoms with E-state index in [1.807, 2.05) is 0 Å². The summed E-state index contributed by atoms with van der Waals surface area (Å²) in [4.78, 5) is 2.42. The Hall–Kier alpha value is -7.94. The maximum Gasteiger partial charge on any atom is 0.0547 e. The number of rotatable bonds is 6. The van der Waals surface area contributed by atoms with E-state index in [2.05, 4.69) is 240 Å². The SMILES string of the molecule is c1cc(-c2cccc3c2c2ccccc2n3-c2cc3ccccc3c3ccccc23)cc(N(c2ccc(-c3cccc4ccccc34)cc2)c2cccc3ccccc23)c1. The molecule has 12 aromatic rings. The third-order valence-corrected chi connectivity index (χ3v) is 12.3. The lowest BCUT2D eigenvalue weighted by Gasteiger charge is -2.27. The summed E-state index contributed by atoms with van der Waals surface area (Å²) < 4.78 is 2.48. The van der Waals surface area contributed by atoms with Crippen molar-refractivity contribution in [2.24, 2.45) is 0 Å². The molecule has 0 saturated carbocycles. The molecule has 0 atom stereocenters. The zero-order valence-corrected chi connectivity index (χ0v) is 32.8. The van der Waals surface area contributed by atoms with Crippen molar-refractivity contribution in [1.82, 2.24) is 4.57 Å². The van der Waals surface area contributed by atoms with E-state index in [1.165, 1.54) is 92.8 Å². The normalized spacial score (nSPS) is 11.7. The summed E-state index contributed by atoms with van der Waals surface area (Å²) in [5.74, 6) is 0. The molecule has 0 amide bonds. The Labute approximate surface area is 348 Å². The largest absolute Gasteiger partial charge is 0.310 e. The van der Waals surface area contributed by atoms with Crippen molar-refractivity contribution in [1.29, 1.82) is 0 Å². The Balaban J connectivity index is 1.05. The van der Waals surface area contributed by atoms with Gasteiger partial charge in [-0.2, -0.15) is 0 Å². The van der Waals surface area contributed by atoms with Crippen LogP contribution in [-0.2, 0) is 0 Å². The molecule has 0 radical (unpaired) electrons. The molecule has 2 heteroatoms. The number of aromatic nitrogens is 1. The molecule has 0 aliphatic carbocycles. The van der Waals surface area contributed by atoms with E-state index in [0.717, 1.165) is 17.1 Å². The second-order valence-electron chi connectivity index (χ2n) is 15.7. The Morgan fingerprint density at radius 2 is 0.867 bits per heavy atom. The Morgan fingerprint density at radius 3 is 1.68 bits per heavy atom. The predicted molar refractivity (Wildman–Crippen MR) is 256 cm³/mol. The van der Waals surface area contributed by atoms with Gasteiger partial charge in [-0.15, -0.1) is 0 Å². The zero-order valence-electron chi connectivity index (χ0n) is 32.8. The van der Waals surface area contributed by atoms with Crippen molar-refractivity contribution in [2.45, 2.75) is 0 Å². The minimum absolute atomic E-state index is 1.10. The average molecular weight is 763 g/mol. The third-order valence-electron chi connectivity index (χ3n) is 12.3. The van der Waals surface area contributed by atoms with Crippen LogP contribution in [0.4, 0.5) is 17.1 Å². The first-order chi connectivity index (χ1) is 29.8. The van der Waals surface area contributed by atoms with Crippen LogP contribution in [0.1, 0.15) is 0 Å². The van der Waals surface area contributed by atoms with Gasteiger partial charge in [0.2, 0.25) is 0 Å². The van der Waals surface area contributed by atoms with Gasteiger partial charge in [-0.3, -0.25) is 0 Å². The van der Waals surface area contributed by atoms with Crippen molar-refractivity contribution in [3.8, 4) is 27.9 Å². The van der Waals surface area contributed by atoms with Gasteiger partial charge >= 0.3 is 0 Å². The number of fused-ring (bicyclic) bond motifs is 8. The Kier molecular flexibility index (Phi) is 7.89. The lowest BCUT2D eigenvalue weighted by Crippen LogP contribution is -2.10. The number of hydrogen-bond acceptors (Lipinski definition) is 1. The van der Waals surface area contributed by atoms with Crippen LogP contribution in [0.5, 0.6) is 0 Å². The van der Waals surface area contributed by atoms with Crippen molar-refractivity contribution < 1.29 is 0 Å². The predicted octanol–water partition coefficient (Wildman–Crippen LogP) is 16.2. The fourth-order valence-corrected chi connectivity index (χ4v) is 9.65. The maximum atomic E-state index is 2.48. The van der Waals surface area contributed by atoms with Gasteiger partial charge in [0, 0.05) is 32.9 Å². The number of nitrogens with zero attached hydrogens (tertiary/aromatic N) is 2. The van der Waals surface area contributed by atoms with Crippen LogP contribution in [-0.4, -0.2) is 4.57 Å². The first-order valence-corrected chi connectivity index (χ1v) is 20.7. The molecule has 0 fully saturated rings. The zero-order chi connectivity index (χ0) is 39.6. The van der Waals surface area contributed by atoms with Gasteiger partial charge < -0.3 is 9.47 Å². The maximum absolute atomic E-state index is 2.48. The molecule has 1 aromatic heterocycles. The Bertz CT molecular complexity index is 3600. The summed E-state index contributed by atoms with van der Waals surface area (Å²) in [5, 5.41) is 12.4. The van der Waals surface area contributed by atoms with Crippen LogP contribution in [0.25, 0.3) is 92.8 Å². The first kappa shape index (κ1) is 34.1. The second-order valence-corrected chi connectivity index (χ2v) is 15.7. The number of hydrogen-bond donors (Lipinski definition) is 0. The van der Waals surface area contributed by atoms with Gasteiger partial charge in [0.05, 0.1) is 22.4 Å².